The zero-order valence-corrected chi connectivity index (χ0v) is 9.67. The van der Waals surface area contributed by atoms with Gasteiger partial charge in [0.1, 0.15) is 0 Å². The molecule has 0 N–H and O–H groups in total. The van der Waals surface area contributed by atoms with Crippen molar-refractivity contribution in [3.63, 3.8) is 0 Å². The number of carbonyl (C=O) groups excluding carboxylic acids is 2. The summed E-state index contributed by atoms with van der Waals surface area (Å²) in [5.74, 6) is -1.46. The molecule has 0 saturated heterocycles. The third-order valence-corrected chi connectivity index (χ3v) is 1.76. The second-order valence-corrected chi connectivity index (χ2v) is 3.01. The Balaban J connectivity index is 2.88. The van der Waals surface area contributed by atoms with E-state index in [2.05, 4.69) is 22.2 Å². The SMILES string of the molecule is CCOC(=O)C1=NC(=S)[N+]=C1C(=O)OCC. The predicted molar refractivity (Wildman–Crippen MR) is 60.4 cm³/mol. The lowest BCUT2D eigenvalue weighted by molar-refractivity contribution is -0.137. The van der Waals surface area contributed by atoms with Gasteiger partial charge in [-0.3, -0.25) is 0 Å². The summed E-state index contributed by atoms with van der Waals surface area (Å²) in [6, 6.07) is 0. The summed E-state index contributed by atoms with van der Waals surface area (Å²) in [5.41, 5.74) is -0.379. The maximum absolute atomic E-state index is 11.4. The number of carbonyl (C=O) groups is 2. The first-order valence-corrected chi connectivity index (χ1v) is 5.06. The van der Waals surface area contributed by atoms with E-state index in [-0.39, 0.29) is 29.7 Å². The standard InChI is InChI=1S/C9H10N2O4S/c1-3-14-7(12)5-6(8(13)15-4-2)11-9(16)10-5/h3-4H2,1-2H3/q+1. The van der Waals surface area contributed by atoms with Gasteiger partial charge in [-0.25, -0.2) is 9.59 Å². The van der Waals surface area contributed by atoms with Crippen LogP contribution in [0, 0.1) is 0 Å². The molecule has 7 heteroatoms. The number of ether oxygens (including phenoxy) is 2. The molecule has 0 aliphatic carbocycles. The molecule has 1 radical (unpaired) electrons. The molecule has 0 amide bonds. The van der Waals surface area contributed by atoms with Crippen molar-refractivity contribution >= 4 is 40.7 Å². The summed E-state index contributed by atoms with van der Waals surface area (Å²) < 4.78 is 9.43. The van der Waals surface area contributed by atoms with Crippen LogP contribution in [-0.2, 0) is 19.1 Å². The highest BCUT2D eigenvalue weighted by atomic mass is 32.1. The van der Waals surface area contributed by atoms with E-state index in [0.29, 0.717) is 0 Å². The first kappa shape index (κ1) is 12.4. The van der Waals surface area contributed by atoms with Crippen LogP contribution in [0.3, 0.4) is 0 Å². The first-order chi connectivity index (χ1) is 7.60. The largest absolute Gasteiger partial charge is 0.460 e. The molecule has 0 saturated carbocycles. The van der Waals surface area contributed by atoms with E-state index in [1.165, 1.54) is 0 Å². The van der Waals surface area contributed by atoms with Crippen LogP contribution < -0.4 is 4.99 Å². The number of esters is 2. The van der Waals surface area contributed by atoms with Gasteiger partial charge < -0.3 is 9.47 Å². The number of nitrogens with zero attached hydrogens (tertiary/aromatic N) is 2. The van der Waals surface area contributed by atoms with Crippen molar-refractivity contribution in [1.82, 2.24) is 4.99 Å². The van der Waals surface area contributed by atoms with Gasteiger partial charge in [-0.2, -0.15) is 0 Å². The predicted octanol–water partition coefficient (Wildman–Crippen LogP) is -0.371. The van der Waals surface area contributed by atoms with Gasteiger partial charge in [0.2, 0.25) is 0 Å². The van der Waals surface area contributed by atoms with E-state index >= 15 is 0 Å². The molecule has 0 unspecified atom stereocenters. The maximum Gasteiger partial charge on any atom is 0.435 e. The molecule has 1 rings (SSSR count). The molecule has 0 aromatic carbocycles. The van der Waals surface area contributed by atoms with Crippen LogP contribution in [0.4, 0.5) is 0 Å². The summed E-state index contributed by atoms with van der Waals surface area (Å²) in [4.78, 5) is 30.1. The van der Waals surface area contributed by atoms with E-state index in [1.807, 2.05) is 0 Å². The summed E-state index contributed by atoms with van der Waals surface area (Å²) >= 11 is 4.69. The highest BCUT2D eigenvalue weighted by Gasteiger charge is 2.42. The van der Waals surface area contributed by atoms with Gasteiger partial charge in [-0.1, -0.05) is 0 Å². The van der Waals surface area contributed by atoms with Crippen LogP contribution in [0.1, 0.15) is 13.8 Å². The average Bonchev–Trinajstić information content (AvgIpc) is 2.61. The van der Waals surface area contributed by atoms with Crippen LogP contribution in [0.2, 0.25) is 0 Å². The highest BCUT2D eigenvalue weighted by Crippen LogP contribution is 1.99. The number of hydrogen-bond acceptors (Lipinski definition) is 5. The normalized spacial score (nSPS) is 14.2. The van der Waals surface area contributed by atoms with Crippen molar-refractivity contribution in [1.29, 1.82) is 0 Å². The van der Waals surface area contributed by atoms with Crippen molar-refractivity contribution in [3.8, 4) is 0 Å². The van der Waals surface area contributed by atoms with Crippen molar-refractivity contribution in [2.24, 2.45) is 4.99 Å². The van der Waals surface area contributed by atoms with Crippen molar-refractivity contribution in [3.05, 3.63) is 0 Å². The Labute approximate surface area is 97.4 Å². The average molecular weight is 242 g/mol. The Morgan fingerprint density at radius 2 is 1.81 bits per heavy atom. The number of aliphatic imine (C=N–C) groups is 2. The van der Waals surface area contributed by atoms with E-state index in [0.717, 1.165) is 0 Å². The molecular formula is C9H10N2O4S+. The minimum atomic E-state index is -0.728. The zero-order chi connectivity index (χ0) is 12.1. The van der Waals surface area contributed by atoms with Gasteiger partial charge in [-0.15, -0.1) is 0 Å². The van der Waals surface area contributed by atoms with Crippen molar-refractivity contribution < 1.29 is 19.1 Å². The topological polar surface area (TPSA) is 79.1 Å². The first-order valence-electron chi connectivity index (χ1n) is 4.66. The molecule has 0 spiro atoms. The monoisotopic (exact) mass is 242 g/mol. The van der Waals surface area contributed by atoms with Crippen molar-refractivity contribution in [2.75, 3.05) is 13.2 Å². The van der Waals surface area contributed by atoms with E-state index in [9.17, 15) is 9.59 Å². The Hall–Kier alpha value is -1.63. The number of thiocarbonyl (C=S) groups is 1. The molecule has 0 fully saturated rings. The molecule has 85 valence electrons. The molecular weight excluding hydrogens is 232 g/mol. The van der Waals surface area contributed by atoms with Gasteiger partial charge in [0, 0.05) is 12.2 Å². The Kier molecular flexibility index (Phi) is 4.24. The van der Waals surface area contributed by atoms with E-state index < -0.39 is 11.9 Å². The minimum absolute atomic E-state index is 0.0777. The van der Waals surface area contributed by atoms with Crippen LogP contribution in [0.5, 0.6) is 0 Å². The Bertz CT molecular complexity index is 364. The zero-order valence-electron chi connectivity index (χ0n) is 8.85. The molecule has 1 aliphatic rings. The maximum atomic E-state index is 11.4. The third-order valence-electron chi connectivity index (χ3n) is 1.58. The molecule has 0 atom stereocenters. The number of rotatable bonds is 4. The highest BCUT2D eigenvalue weighted by molar-refractivity contribution is 7.80. The minimum Gasteiger partial charge on any atom is -0.460 e. The fourth-order valence-corrected chi connectivity index (χ4v) is 1.19. The fourth-order valence-electron chi connectivity index (χ4n) is 1.01. The number of hydrogen-bond donors (Lipinski definition) is 0. The Morgan fingerprint density at radius 3 is 2.38 bits per heavy atom. The lowest BCUT2D eigenvalue weighted by Crippen LogP contribution is -2.33. The molecule has 0 bridgehead atoms. The van der Waals surface area contributed by atoms with Gasteiger partial charge in [0.25, 0.3) is 0 Å². The molecule has 0 aromatic rings. The second kappa shape index (κ2) is 5.45. The molecule has 0 aromatic heterocycles. The summed E-state index contributed by atoms with van der Waals surface area (Å²) in [6.07, 6.45) is 0. The fraction of sp³-hybridized carbons (Fsp3) is 0.444. The van der Waals surface area contributed by atoms with Gasteiger partial charge in [-0.05, 0) is 23.8 Å². The van der Waals surface area contributed by atoms with Crippen molar-refractivity contribution in [2.45, 2.75) is 13.8 Å². The van der Waals surface area contributed by atoms with Gasteiger partial charge in [0.05, 0.1) is 13.2 Å². The van der Waals surface area contributed by atoms with E-state index in [1.54, 1.807) is 13.8 Å². The van der Waals surface area contributed by atoms with Crippen LogP contribution >= 0.6 is 12.2 Å². The van der Waals surface area contributed by atoms with Crippen LogP contribution in [0.15, 0.2) is 4.99 Å². The second-order valence-electron chi connectivity index (χ2n) is 2.64. The summed E-state index contributed by atoms with van der Waals surface area (Å²) in [5, 5.41) is -0.0777. The van der Waals surface area contributed by atoms with E-state index in [4.69, 9.17) is 9.47 Å². The molecule has 6 nitrogen and oxygen atoms in total. The summed E-state index contributed by atoms with van der Waals surface area (Å²) in [7, 11) is 0. The quantitative estimate of drug-likeness (QED) is 0.496. The smallest absolute Gasteiger partial charge is 0.435 e. The Morgan fingerprint density at radius 1 is 1.25 bits per heavy atom. The lowest BCUT2D eigenvalue weighted by atomic mass is 10.2. The van der Waals surface area contributed by atoms with Gasteiger partial charge in [0.15, 0.2) is 0 Å². The van der Waals surface area contributed by atoms with Crippen LogP contribution in [0.25, 0.3) is 0 Å². The van der Waals surface area contributed by atoms with Crippen LogP contribution in [-0.4, -0.2) is 41.7 Å². The lowest BCUT2D eigenvalue weighted by Gasteiger charge is -1.98. The van der Waals surface area contributed by atoms with Gasteiger partial charge >= 0.3 is 28.5 Å². The third kappa shape index (κ3) is 2.69. The summed E-state index contributed by atoms with van der Waals surface area (Å²) in [6.45, 7) is 3.65. The molecule has 1 heterocycles. The molecule has 1 aliphatic heterocycles. The molecule has 16 heavy (non-hydrogen) atoms.